The van der Waals surface area contributed by atoms with Gasteiger partial charge in [0.25, 0.3) is 0 Å². The molecular weight excluding hydrogens is 304 g/mol. The molecule has 2 rings (SSSR count). The molecule has 5 nitrogen and oxygen atoms in total. The van der Waals surface area contributed by atoms with E-state index in [1.165, 1.54) is 6.08 Å². The molecule has 118 valence electrons. The molecule has 1 heterocycles. The number of halogens is 1. The number of carbonyl (C=O) groups excluding carboxylic acids is 2. The Morgan fingerprint density at radius 2 is 2.18 bits per heavy atom. The molecule has 0 aromatic heterocycles. The number of anilines is 1. The van der Waals surface area contributed by atoms with Gasteiger partial charge < -0.3 is 15.4 Å². The van der Waals surface area contributed by atoms with Crippen molar-refractivity contribution in [3.05, 3.63) is 40.6 Å². The topological polar surface area (TPSA) is 67.4 Å². The summed E-state index contributed by atoms with van der Waals surface area (Å²) in [5, 5.41) is 5.98. The standard InChI is InChI=1S/C16H19ClN2O3/c1-2-3-4-11-5-6-12(9-14(11)17)18-16(21)19-13-7-8-22-15(20)10-13/h5-6,9-10H,2-4,7-8H2,1H3,(H2,18,19,21). The molecular formula is C16H19ClN2O3. The third kappa shape index (κ3) is 4.77. The maximum atomic E-state index is 11.9. The zero-order chi connectivity index (χ0) is 15.9. The summed E-state index contributed by atoms with van der Waals surface area (Å²) in [6, 6.07) is 5.07. The number of unbranched alkanes of at least 4 members (excludes halogenated alkanes) is 1. The monoisotopic (exact) mass is 322 g/mol. The Bertz CT molecular complexity index is 599. The quantitative estimate of drug-likeness (QED) is 0.813. The van der Waals surface area contributed by atoms with E-state index in [1.807, 2.05) is 12.1 Å². The normalized spacial score (nSPS) is 14.1. The number of hydrogen-bond acceptors (Lipinski definition) is 3. The Morgan fingerprint density at radius 1 is 1.36 bits per heavy atom. The summed E-state index contributed by atoms with van der Waals surface area (Å²) in [6.45, 7) is 2.41. The second kappa shape index (κ2) is 7.84. The minimum atomic E-state index is -0.440. The number of carbonyl (C=O) groups is 2. The first-order valence-corrected chi connectivity index (χ1v) is 7.70. The summed E-state index contributed by atoms with van der Waals surface area (Å²) in [4.78, 5) is 23.0. The highest BCUT2D eigenvalue weighted by Crippen LogP contribution is 2.22. The predicted octanol–water partition coefficient (Wildman–Crippen LogP) is 3.63. The molecule has 0 aliphatic carbocycles. The molecule has 1 aromatic carbocycles. The summed E-state index contributed by atoms with van der Waals surface area (Å²) < 4.78 is 4.76. The van der Waals surface area contributed by atoms with Crippen LogP contribution in [-0.2, 0) is 16.0 Å². The van der Waals surface area contributed by atoms with Gasteiger partial charge in [0.05, 0.1) is 6.61 Å². The van der Waals surface area contributed by atoms with Gasteiger partial charge in [0.15, 0.2) is 0 Å². The van der Waals surface area contributed by atoms with Crippen molar-refractivity contribution in [1.82, 2.24) is 5.32 Å². The Balaban J connectivity index is 1.94. The SMILES string of the molecule is CCCCc1ccc(NC(=O)NC2=CC(=O)OCC2)cc1Cl. The van der Waals surface area contributed by atoms with Crippen LogP contribution in [0.2, 0.25) is 5.02 Å². The highest BCUT2D eigenvalue weighted by Gasteiger charge is 2.13. The number of rotatable bonds is 5. The van der Waals surface area contributed by atoms with Crippen molar-refractivity contribution >= 4 is 29.3 Å². The predicted molar refractivity (Wildman–Crippen MR) is 85.9 cm³/mol. The summed E-state index contributed by atoms with van der Waals surface area (Å²) in [6.07, 6.45) is 4.89. The highest BCUT2D eigenvalue weighted by atomic mass is 35.5. The molecule has 0 fully saturated rings. The van der Waals surface area contributed by atoms with Gasteiger partial charge in [-0.2, -0.15) is 0 Å². The third-order valence-electron chi connectivity index (χ3n) is 3.29. The second-order valence-corrected chi connectivity index (χ2v) is 5.48. The van der Waals surface area contributed by atoms with Crippen LogP contribution in [0.15, 0.2) is 30.0 Å². The number of nitrogens with one attached hydrogen (secondary N) is 2. The van der Waals surface area contributed by atoms with Gasteiger partial charge in [-0.1, -0.05) is 31.0 Å². The molecule has 1 aromatic rings. The third-order valence-corrected chi connectivity index (χ3v) is 3.64. The number of benzene rings is 1. The van der Waals surface area contributed by atoms with Gasteiger partial charge in [-0.3, -0.25) is 0 Å². The van der Waals surface area contributed by atoms with E-state index in [9.17, 15) is 9.59 Å². The maximum Gasteiger partial charge on any atom is 0.332 e. The molecule has 0 bridgehead atoms. The molecule has 22 heavy (non-hydrogen) atoms. The van der Waals surface area contributed by atoms with Crippen molar-refractivity contribution in [2.45, 2.75) is 32.6 Å². The molecule has 0 atom stereocenters. The zero-order valence-electron chi connectivity index (χ0n) is 12.4. The van der Waals surface area contributed by atoms with Crippen LogP contribution in [0.3, 0.4) is 0 Å². The first kappa shape index (κ1) is 16.4. The van der Waals surface area contributed by atoms with Crippen LogP contribution >= 0.6 is 11.6 Å². The smallest absolute Gasteiger partial charge is 0.332 e. The number of aryl methyl sites for hydroxylation is 1. The number of urea groups is 1. The van der Waals surface area contributed by atoms with E-state index < -0.39 is 12.0 Å². The van der Waals surface area contributed by atoms with Crippen LogP contribution in [0.1, 0.15) is 31.7 Å². The molecule has 2 amide bonds. The van der Waals surface area contributed by atoms with E-state index in [0.717, 1.165) is 24.8 Å². The molecule has 0 saturated heterocycles. The van der Waals surface area contributed by atoms with Gasteiger partial charge in [0, 0.05) is 28.9 Å². The highest BCUT2D eigenvalue weighted by molar-refractivity contribution is 6.31. The van der Waals surface area contributed by atoms with E-state index >= 15 is 0 Å². The summed E-state index contributed by atoms with van der Waals surface area (Å²) in [5.74, 6) is -0.440. The average Bonchev–Trinajstić information content (AvgIpc) is 2.46. The lowest BCUT2D eigenvalue weighted by Gasteiger charge is -2.15. The van der Waals surface area contributed by atoms with Crippen LogP contribution < -0.4 is 10.6 Å². The number of hydrogen-bond donors (Lipinski definition) is 2. The molecule has 1 aliphatic heterocycles. The van der Waals surface area contributed by atoms with Crippen LogP contribution in [-0.4, -0.2) is 18.6 Å². The van der Waals surface area contributed by atoms with Gasteiger partial charge in [0.2, 0.25) is 0 Å². The van der Waals surface area contributed by atoms with Crippen molar-refractivity contribution < 1.29 is 14.3 Å². The van der Waals surface area contributed by atoms with E-state index in [-0.39, 0.29) is 6.61 Å². The fourth-order valence-corrected chi connectivity index (χ4v) is 2.39. The number of ether oxygens (including phenoxy) is 1. The van der Waals surface area contributed by atoms with Crippen molar-refractivity contribution in [3.8, 4) is 0 Å². The Labute approximate surface area is 134 Å². The number of esters is 1. The minimum Gasteiger partial charge on any atom is -0.462 e. The number of amides is 2. The van der Waals surface area contributed by atoms with Gasteiger partial charge in [-0.25, -0.2) is 9.59 Å². The average molecular weight is 323 g/mol. The molecule has 6 heteroatoms. The van der Waals surface area contributed by atoms with Gasteiger partial charge in [-0.05, 0) is 30.5 Å². The lowest BCUT2D eigenvalue weighted by molar-refractivity contribution is -0.138. The molecule has 2 N–H and O–H groups in total. The number of cyclic esters (lactones) is 1. The first-order valence-electron chi connectivity index (χ1n) is 7.32. The Hall–Kier alpha value is -2.01. The molecule has 0 spiro atoms. The van der Waals surface area contributed by atoms with Crippen LogP contribution in [0.25, 0.3) is 0 Å². The van der Waals surface area contributed by atoms with E-state index in [1.54, 1.807) is 6.07 Å². The Kier molecular flexibility index (Phi) is 5.83. The zero-order valence-corrected chi connectivity index (χ0v) is 13.2. The molecule has 1 aliphatic rings. The maximum absolute atomic E-state index is 11.9. The summed E-state index contributed by atoms with van der Waals surface area (Å²) in [7, 11) is 0. The van der Waals surface area contributed by atoms with Crippen LogP contribution in [0.5, 0.6) is 0 Å². The van der Waals surface area contributed by atoms with Crippen LogP contribution in [0.4, 0.5) is 10.5 Å². The van der Waals surface area contributed by atoms with E-state index in [4.69, 9.17) is 16.3 Å². The Morgan fingerprint density at radius 3 is 2.86 bits per heavy atom. The van der Waals surface area contributed by atoms with Crippen molar-refractivity contribution in [2.24, 2.45) is 0 Å². The van der Waals surface area contributed by atoms with Crippen LogP contribution in [0, 0.1) is 0 Å². The van der Waals surface area contributed by atoms with Gasteiger partial charge in [0.1, 0.15) is 0 Å². The largest absolute Gasteiger partial charge is 0.462 e. The van der Waals surface area contributed by atoms with Crippen molar-refractivity contribution in [2.75, 3.05) is 11.9 Å². The van der Waals surface area contributed by atoms with Gasteiger partial charge in [-0.15, -0.1) is 0 Å². The van der Waals surface area contributed by atoms with E-state index in [2.05, 4.69) is 17.6 Å². The molecule has 0 unspecified atom stereocenters. The fourth-order valence-electron chi connectivity index (χ4n) is 2.12. The fraction of sp³-hybridized carbons (Fsp3) is 0.375. The minimum absolute atomic E-state index is 0.281. The van der Waals surface area contributed by atoms with Gasteiger partial charge >= 0.3 is 12.0 Å². The summed E-state index contributed by atoms with van der Waals surface area (Å²) >= 11 is 6.22. The lowest BCUT2D eigenvalue weighted by atomic mass is 10.1. The molecule has 0 saturated carbocycles. The molecule has 0 radical (unpaired) electrons. The second-order valence-electron chi connectivity index (χ2n) is 5.08. The van der Waals surface area contributed by atoms with Crippen molar-refractivity contribution in [3.63, 3.8) is 0 Å². The summed E-state index contributed by atoms with van der Waals surface area (Å²) in [5.41, 5.74) is 2.23. The first-order chi connectivity index (χ1) is 10.6. The van der Waals surface area contributed by atoms with E-state index in [0.29, 0.717) is 22.8 Å². The van der Waals surface area contributed by atoms with Crippen molar-refractivity contribution in [1.29, 1.82) is 0 Å². The lowest BCUT2D eigenvalue weighted by Crippen LogP contribution is -2.30.